The molecule has 0 saturated carbocycles. The van der Waals surface area contributed by atoms with Crippen LogP contribution in [0.1, 0.15) is 17.7 Å². The van der Waals surface area contributed by atoms with Crippen LogP contribution in [-0.2, 0) is 17.6 Å². The molecule has 0 amide bonds. The average Bonchev–Trinajstić information content (AvgIpc) is 2.47. The van der Waals surface area contributed by atoms with Gasteiger partial charge in [-0.05, 0) is 30.9 Å². The number of ether oxygens (including phenoxy) is 1. The van der Waals surface area contributed by atoms with Crippen LogP contribution < -0.4 is 5.32 Å². The van der Waals surface area contributed by atoms with E-state index in [4.69, 9.17) is 4.74 Å². The second-order valence-electron chi connectivity index (χ2n) is 5.08. The number of nitrogens with zero attached hydrogens (tertiary/aromatic N) is 2. The lowest BCUT2D eigenvalue weighted by molar-refractivity contribution is 0.0136. The van der Waals surface area contributed by atoms with Gasteiger partial charge in [-0.3, -0.25) is 9.88 Å². The van der Waals surface area contributed by atoms with Gasteiger partial charge in [0.15, 0.2) is 0 Å². The number of hydrogen-bond donors (Lipinski definition) is 1. The van der Waals surface area contributed by atoms with Gasteiger partial charge in [-0.15, -0.1) is 0 Å². The lowest BCUT2D eigenvalue weighted by Crippen LogP contribution is -2.46. The number of nitrogens with one attached hydrogen (secondary N) is 1. The van der Waals surface area contributed by atoms with Crippen LogP contribution in [0.2, 0.25) is 0 Å². The van der Waals surface area contributed by atoms with Gasteiger partial charge in [0.1, 0.15) is 0 Å². The van der Waals surface area contributed by atoms with E-state index in [2.05, 4.69) is 21.3 Å². The Morgan fingerprint density at radius 1 is 1.39 bits per heavy atom. The molecule has 1 aromatic rings. The molecule has 0 spiro atoms. The number of aryl methyl sites for hydroxylation is 1. The summed E-state index contributed by atoms with van der Waals surface area (Å²) in [7, 11) is 1.99. The summed E-state index contributed by atoms with van der Waals surface area (Å²) < 4.78 is 5.44. The summed E-state index contributed by atoms with van der Waals surface area (Å²) in [6, 6.07) is 2.75. The molecule has 2 heterocycles. The van der Waals surface area contributed by atoms with Crippen molar-refractivity contribution in [3.63, 3.8) is 0 Å². The monoisotopic (exact) mass is 247 g/mol. The fraction of sp³-hybridized carbons (Fsp3) is 0.643. The summed E-state index contributed by atoms with van der Waals surface area (Å²) in [6.07, 6.45) is 5.37. The molecule has 1 atom stereocenters. The van der Waals surface area contributed by atoms with E-state index in [1.807, 2.05) is 13.2 Å². The molecular formula is C14H21N3O. The van der Waals surface area contributed by atoms with Gasteiger partial charge < -0.3 is 10.1 Å². The zero-order valence-corrected chi connectivity index (χ0v) is 11.0. The smallest absolute Gasteiger partial charge is 0.0594 e. The molecule has 0 bridgehead atoms. The number of anilines is 1. The van der Waals surface area contributed by atoms with Crippen LogP contribution in [0.4, 0.5) is 5.69 Å². The molecule has 1 saturated heterocycles. The minimum atomic E-state index is 0.665. The fourth-order valence-electron chi connectivity index (χ4n) is 3.11. The first-order chi connectivity index (χ1) is 8.88. The highest BCUT2D eigenvalue weighted by molar-refractivity contribution is 5.53. The summed E-state index contributed by atoms with van der Waals surface area (Å²) in [6.45, 7) is 3.93. The summed E-state index contributed by atoms with van der Waals surface area (Å²) in [5.74, 6) is 0. The zero-order chi connectivity index (χ0) is 12.4. The molecular weight excluding hydrogens is 226 g/mol. The predicted molar refractivity (Wildman–Crippen MR) is 72.0 cm³/mol. The van der Waals surface area contributed by atoms with Gasteiger partial charge in [0.25, 0.3) is 0 Å². The van der Waals surface area contributed by atoms with Crippen molar-refractivity contribution in [1.82, 2.24) is 9.88 Å². The van der Waals surface area contributed by atoms with E-state index in [1.54, 1.807) is 0 Å². The van der Waals surface area contributed by atoms with Gasteiger partial charge in [0.05, 0.1) is 13.2 Å². The third-order valence-corrected chi connectivity index (χ3v) is 4.13. The summed E-state index contributed by atoms with van der Waals surface area (Å²) in [4.78, 5) is 7.11. The topological polar surface area (TPSA) is 37.4 Å². The first-order valence-corrected chi connectivity index (χ1v) is 6.85. The standard InChI is InChI=1S/C14H21N3O/c1-15-13-4-5-16-14-3-2-11(10-12(13)14)17-6-8-18-9-7-17/h4-5,11H,2-3,6-10H2,1H3,(H,15,16). The second kappa shape index (κ2) is 5.24. The van der Waals surface area contributed by atoms with Crippen LogP contribution in [0, 0.1) is 0 Å². The molecule has 1 aliphatic heterocycles. The number of rotatable bonds is 2. The number of morpholine rings is 1. The molecule has 18 heavy (non-hydrogen) atoms. The van der Waals surface area contributed by atoms with Crippen LogP contribution in [0.15, 0.2) is 12.3 Å². The summed E-state index contributed by atoms with van der Waals surface area (Å²) in [5.41, 5.74) is 3.95. The van der Waals surface area contributed by atoms with E-state index >= 15 is 0 Å². The quantitative estimate of drug-likeness (QED) is 0.855. The molecule has 0 aromatic carbocycles. The number of hydrogen-bond acceptors (Lipinski definition) is 4. The predicted octanol–water partition coefficient (Wildman–Crippen LogP) is 1.31. The second-order valence-corrected chi connectivity index (χ2v) is 5.08. The Labute approximate surface area is 108 Å². The van der Waals surface area contributed by atoms with Gasteiger partial charge in [-0.2, -0.15) is 0 Å². The highest BCUT2D eigenvalue weighted by atomic mass is 16.5. The van der Waals surface area contributed by atoms with Crippen molar-refractivity contribution >= 4 is 5.69 Å². The maximum Gasteiger partial charge on any atom is 0.0594 e. The van der Waals surface area contributed by atoms with Crippen LogP contribution >= 0.6 is 0 Å². The zero-order valence-electron chi connectivity index (χ0n) is 11.0. The van der Waals surface area contributed by atoms with Crippen molar-refractivity contribution < 1.29 is 4.74 Å². The molecule has 1 unspecified atom stereocenters. The molecule has 4 nitrogen and oxygen atoms in total. The maximum atomic E-state index is 5.44. The van der Waals surface area contributed by atoms with Crippen molar-refractivity contribution in [3.8, 4) is 0 Å². The van der Waals surface area contributed by atoms with Crippen LogP contribution in [0.25, 0.3) is 0 Å². The fourth-order valence-corrected chi connectivity index (χ4v) is 3.11. The van der Waals surface area contributed by atoms with E-state index < -0.39 is 0 Å². The normalized spacial score (nSPS) is 24.6. The Balaban J connectivity index is 1.79. The molecule has 3 rings (SSSR count). The van der Waals surface area contributed by atoms with Crippen molar-refractivity contribution in [2.45, 2.75) is 25.3 Å². The minimum absolute atomic E-state index is 0.665. The van der Waals surface area contributed by atoms with E-state index in [-0.39, 0.29) is 0 Å². The highest BCUT2D eigenvalue weighted by Crippen LogP contribution is 2.28. The molecule has 1 fully saturated rings. The molecule has 1 aromatic heterocycles. The van der Waals surface area contributed by atoms with Gasteiger partial charge in [0.2, 0.25) is 0 Å². The van der Waals surface area contributed by atoms with E-state index in [9.17, 15) is 0 Å². The average molecular weight is 247 g/mol. The van der Waals surface area contributed by atoms with Crippen molar-refractivity contribution in [2.75, 3.05) is 38.7 Å². The summed E-state index contributed by atoms with van der Waals surface area (Å²) >= 11 is 0. The third kappa shape index (κ3) is 2.22. The van der Waals surface area contributed by atoms with Crippen molar-refractivity contribution in [1.29, 1.82) is 0 Å². The molecule has 1 N–H and O–H groups in total. The van der Waals surface area contributed by atoms with E-state index in [0.29, 0.717) is 6.04 Å². The van der Waals surface area contributed by atoms with Gasteiger partial charge in [-0.25, -0.2) is 0 Å². The Bertz CT molecular complexity index is 401. The highest BCUT2D eigenvalue weighted by Gasteiger charge is 2.27. The minimum Gasteiger partial charge on any atom is -0.388 e. The molecule has 98 valence electrons. The van der Waals surface area contributed by atoms with Crippen LogP contribution in [0.3, 0.4) is 0 Å². The van der Waals surface area contributed by atoms with Crippen molar-refractivity contribution in [2.24, 2.45) is 0 Å². The lowest BCUT2D eigenvalue weighted by atomic mass is 9.89. The van der Waals surface area contributed by atoms with Gasteiger partial charge in [-0.1, -0.05) is 0 Å². The molecule has 4 heteroatoms. The number of fused-ring (bicyclic) bond motifs is 1. The number of pyridine rings is 1. The van der Waals surface area contributed by atoms with Crippen LogP contribution in [0.5, 0.6) is 0 Å². The SMILES string of the molecule is CNc1ccnc2c1CC(N1CCOCC1)CC2. The summed E-state index contributed by atoms with van der Waals surface area (Å²) in [5, 5.41) is 3.30. The largest absolute Gasteiger partial charge is 0.388 e. The molecule has 2 aliphatic rings. The Kier molecular flexibility index (Phi) is 3.48. The first-order valence-electron chi connectivity index (χ1n) is 6.85. The Morgan fingerprint density at radius 3 is 3.00 bits per heavy atom. The van der Waals surface area contributed by atoms with Gasteiger partial charge >= 0.3 is 0 Å². The first kappa shape index (κ1) is 11.9. The Morgan fingerprint density at radius 2 is 2.22 bits per heavy atom. The third-order valence-electron chi connectivity index (χ3n) is 4.13. The van der Waals surface area contributed by atoms with E-state index in [1.165, 1.54) is 23.4 Å². The van der Waals surface area contributed by atoms with Crippen molar-refractivity contribution in [3.05, 3.63) is 23.5 Å². The maximum absolute atomic E-state index is 5.44. The lowest BCUT2D eigenvalue weighted by Gasteiger charge is -2.37. The van der Waals surface area contributed by atoms with Gasteiger partial charge in [0, 0.05) is 43.8 Å². The van der Waals surface area contributed by atoms with Crippen LogP contribution in [-0.4, -0.2) is 49.3 Å². The molecule has 1 aliphatic carbocycles. The molecule has 0 radical (unpaired) electrons. The van der Waals surface area contributed by atoms with E-state index in [0.717, 1.165) is 39.1 Å². The number of aromatic nitrogens is 1. The Hall–Kier alpha value is -1.13.